The molecule has 0 unspecified atom stereocenters. The quantitative estimate of drug-likeness (QED) is 0.826. The third kappa shape index (κ3) is 4.31. The summed E-state index contributed by atoms with van der Waals surface area (Å²) in [5.74, 6) is 0.116. The molecule has 0 aromatic carbocycles. The molecule has 3 rings (SSSR count). The van der Waals surface area contributed by atoms with Crippen LogP contribution >= 0.6 is 11.3 Å². The number of carbonyl (C=O) groups is 1. The fraction of sp³-hybridized carbons (Fsp3) is 0.706. The molecule has 1 amide bonds. The van der Waals surface area contributed by atoms with E-state index in [-0.39, 0.29) is 17.9 Å². The molecular formula is C17H25FN2O2S. The van der Waals surface area contributed by atoms with Crippen molar-refractivity contribution in [3.63, 3.8) is 0 Å². The van der Waals surface area contributed by atoms with Crippen LogP contribution in [0.2, 0.25) is 0 Å². The van der Waals surface area contributed by atoms with Crippen molar-refractivity contribution in [1.29, 1.82) is 0 Å². The van der Waals surface area contributed by atoms with E-state index in [0.717, 1.165) is 26.0 Å². The van der Waals surface area contributed by atoms with Crippen LogP contribution < -0.4 is 0 Å². The van der Waals surface area contributed by atoms with E-state index in [4.69, 9.17) is 4.74 Å². The second-order valence-corrected chi connectivity index (χ2v) is 7.66. The zero-order valence-corrected chi connectivity index (χ0v) is 14.4. The summed E-state index contributed by atoms with van der Waals surface area (Å²) in [4.78, 5) is 17.7. The van der Waals surface area contributed by atoms with Crippen LogP contribution in [0.3, 0.4) is 0 Å². The van der Waals surface area contributed by atoms with Gasteiger partial charge in [0.25, 0.3) is 0 Å². The molecule has 0 saturated carbocycles. The lowest BCUT2D eigenvalue weighted by Crippen LogP contribution is -2.44. The van der Waals surface area contributed by atoms with Crippen molar-refractivity contribution in [3.05, 3.63) is 22.4 Å². The van der Waals surface area contributed by atoms with Gasteiger partial charge in [-0.25, -0.2) is 4.39 Å². The highest BCUT2D eigenvalue weighted by molar-refractivity contribution is 7.09. The van der Waals surface area contributed by atoms with Crippen LogP contribution in [0.4, 0.5) is 4.39 Å². The lowest BCUT2D eigenvalue weighted by Gasteiger charge is -2.31. The van der Waals surface area contributed by atoms with Gasteiger partial charge in [-0.05, 0) is 30.7 Å². The number of carbonyl (C=O) groups excluding carboxylic acids is 1. The van der Waals surface area contributed by atoms with Gasteiger partial charge in [-0.1, -0.05) is 6.07 Å². The number of likely N-dealkylation sites (tertiary alicyclic amines) is 1. The molecule has 0 aliphatic carbocycles. The molecule has 128 valence electrons. The molecule has 2 aliphatic rings. The van der Waals surface area contributed by atoms with Gasteiger partial charge in [-0.2, -0.15) is 0 Å². The molecule has 0 radical (unpaired) electrons. The van der Waals surface area contributed by atoms with Gasteiger partial charge in [0, 0.05) is 44.2 Å². The van der Waals surface area contributed by atoms with E-state index in [2.05, 4.69) is 11.0 Å². The van der Waals surface area contributed by atoms with Crippen LogP contribution in [-0.4, -0.2) is 61.3 Å². The van der Waals surface area contributed by atoms with Crippen LogP contribution in [0.5, 0.6) is 0 Å². The highest BCUT2D eigenvalue weighted by atomic mass is 32.1. The van der Waals surface area contributed by atoms with Crippen molar-refractivity contribution in [2.75, 3.05) is 33.4 Å². The van der Waals surface area contributed by atoms with Gasteiger partial charge in [-0.15, -0.1) is 11.3 Å². The number of nitrogens with zero attached hydrogens (tertiary/aromatic N) is 2. The van der Waals surface area contributed by atoms with Crippen LogP contribution in [0, 0.1) is 5.92 Å². The number of ether oxygens (including phenoxy) is 1. The van der Waals surface area contributed by atoms with E-state index in [0.29, 0.717) is 26.1 Å². The predicted octanol–water partition coefficient (Wildman–Crippen LogP) is 2.55. The second kappa shape index (κ2) is 7.73. The highest BCUT2D eigenvalue weighted by Gasteiger charge is 2.34. The summed E-state index contributed by atoms with van der Waals surface area (Å²) in [5.41, 5.74) is 0. The first-order valence-electron chi connectivity index (χ1n) is 8.36. The predicted molar refractivity (Wildman–Crippen MR) is 89.2 cm³/mol. The third-order valence-electron chi connectivity index (χ3n) is 4.79. The minimum atomic E-state index is -0.790. The molecular weight excluding hydrogens is 315 g/mol. The Hall–Kier alpha value is -0.980. The van der Waals surface area contributed by atoms with Gasteiger partial charge < -0.3 is 9.64 Å². The van der Waals surface area contributed by atoms with Crippen molar-refractivity contribution < 1.29 is 13.9 Å². The third-order valence-corrected chi connectivity index (χ3v) is 5.65. The Balaban J connectivity index is 1.56. The maximum atomic E-state index is 13.9. The van der Waals surface area contributed by atoms with E-state index in [1.165, 1.54) is 4.88 Å². The van der Waals surface area contributed by atoms with Gasteiger partial charge in [0.2, 0.25) is 5.91 Å². The molecule has 4 nitrogen and oxygen atoms in total. The Kier molecular flexibility index (Phi) is 5.67. The lowest BCUT2D eigenvalue weighted by atomic mass is 10.0. The monoisotopic (exact) mass is 340 g/mol. The zero-order valence-electron chi connectivity index (χ0n) is 13.6. The van der Waals surface area contributed by atoms with Crippen LogP contribution in [0.15, 0.2) is 17.5 Å². The average molecular weight is 340 g/mol. The first kappa shape index (κ1) is 16.9. The Bertz CT molecular complexity index is 505. The fourth-order valence-electron chi connectivity index (χ4n) is 3.56. The molecule has 3 atom stereocenters. The number of likely N-dealkylation sites (N-methyl/N-ethyl adjacent to an activating group) is 1. The molecule has 0 spiro atoms. The summed E-state index contributed by atoms with van der Waals surface area (Å²) in [6.45, 7) is 3.13. The van der Waals surface area contributed by atoms with Gasteiger partial charge in [0.15, 0.2) is 0 Å². The van der Waals surface area contributed by atoms with E-state index < -0.39 is 6.17 Å². The number of rotatable bonds is 5. The zero-order chi connectivity index (χ0) is 16.2. The van der Waals surface area contributed by atoms with E-state index in [9.17, 15) is 9.18 Å². The van der Waals surface area contributed by atoms with Gasteiger partial charge >= 0.3 is 0 Å². The van der Waals surface area contributed by atoms with Crippen molar-refractivity contribution in [2.45, 2.75) is 38.0 Å². The first-order valence-corrected chi connectivity index (χ1v) is 9.24. The largest absolute Gasteiger partial charge is 0.381 e. The minimum Gasteiger partial charge on any atom is -0.381 e. The average Bonchev–Trinajstić information content (AvgIpc) is 3.18. The molecule has 1 aromatic heterocycles. The summed E-state index contributed by atoms with van der Waals surface area (Å²) in [6, 6.07) is 4.21. The SMILES string of the molecule is CN(C[C@@H]1C[C@H](F)CN1Cc1cccs1)C(=O)[C@@H]1CCCOC1. The summed E-state index contributed by atoms with van der Waals surface area (Å²) in [6.07, 6.45) is 1.58. The Morgan fingerprint density at radius 3 is 3.13 bits per heavy atom. The number of thiophene rings is 1. The van der Waals surface area contributed by atoms with Crippen LogP contribution in [-0.2, 0) is 16.1 Å². The highest BCUT2D eigenvalue weighted by Crippen LogP contribution is 2.25. The van der Waals surface area contributed by atoms with E-state index >= 15 is 0 Å². The molecule has 0 bridgehead atoms. The molecule has 3 heterocycles. The number of halogens is 1. The number of hydrogen-bond acceptors (Lipinski definition) is 4. The Labute approximate surface area is 141 Å². The van der Waals surface area contributed by atoms with Crippen LogP contribution in [0.1, 0.15) is 24.1 Å². The van der Waals surface area contributed by atoms with E-state index in [1.54, 1.807) is 16.2 Å². The lowest BCUT2D eigenvalue weighted by molar-refractivity contribution is -0.139. The Morgan fingerprint density at radius 1 is 1.57 bits per heavy atom. The van der Waals surface area contributed by atoms with E-state index in [1.807, 2.05) is 18.5 Å². The minimum absolute atomic E-state index is 0.0259. The molecule has 2 aliphatic heterocycles. The number of hydrogen-bond donors (Lipinski definition) is 0. The maximum absolute atomic E-state index is 13.9. The smallest absolute Gasteiger partial charge is 0.227 e. The van der Waals surface area contributed by atoms with Crippen molar-refractivity contribution in [3.8, 4) is 0 Å². The van der Waals surface area contributed by atoms with Crippen molar-refractivity contribution in [1.82, 2.24) is 9.80 Å². The normalized spacial score (nSPS) is 28.9. The topological polar surface area (TPSA) is 32.8 Å². The van der Waals surface area contributed by atoms with Crippen molar-refractivity contribution >= 4 is 17.2 Å². The van der Waals surface area contributed by atoms with Gasteiger partial charge in [-0.3, -0.25) is 9.69 Å². The van der Waals surface area contributed by atoms with Gasteiger partial charge in [0.1, 0.15) is 6.17 Å². The molecule has 2 fully saturated rings. The maximum Gasteiger partial charge on any atom is 0.227 e. The fourth-order valence-corrected chi connectivity index (χ4v) is 4.29. The first-order chi connectivity index (χ1) is 11.1. The summed E-state index contributed by atoms with van der Waals surface area (Å²) >= 11 is 1.70. The standard InChI is InChI=1S/C17H25FN2O2S/c1-19(17(21)13-4-2-6-22-12-13)10-15-8-14(18)9-20(15)11-16-5-3-7-23-16/h3,5,7,13-15H,2,4,6,8-12H2,1H3/t13-,14+,15+/m1/s1. The molecule has 6 heteroatoms. The summed E-state index contributed by atoms with van der Waals surface area (Å²) in [5, 5.41) is 2.05. The summed E-state index contributed by atoms with van der Waals surface area (Å²) in [7, 11) is 1.84. The van der Waals surface area contributed by atoms with Crippen molar-refractivity contribution in [2.24, 2.45) is 5.92 Å². The summed E-state index contributed by atoms with van der Waals surface area (Å²) < 4.78 is 19.3. The van der Waals surface area contributed by atoms with Crippen LogP contribution in [0.25, 0.3) is 0 Å². The molecule has 23 heavy (non-hydrogen) atoms. The molecule has 2 saturated heterocycles. The van der Waals surface area contributed by atoms with Gasteiger partial charge in [0.05, 0.1) is 12.5 Å². The molecule has 0 N–H and O–H groups in total. The molecule has 1 aromatic rings. The number of amides is 1. The second-order valence-electron chi connectivity index (χ2n) is 6.63. The Morgan fingerprint density at radius 2 is 2.43 bits per heavy atom. The number of alkyl halides is 1.